The summed E-state index contributed by atoms with van der Waals surface area (Å²) in [4.78, 5) is 14.2. The molecule has 21 heavy (non-hydrogen) atoms. The van der Waals surface area contributed by atoms with Crippen molar-refractivity contribution in [1.82, 2.24) is 4.90 Å². The Hall–Kier alpha value is -0.610. The molecule has 4 heteroatoms. The molecule has 0 aromatic heterocycles. The van der Waals surface area contributed by atoms with Crippen molar-refractivity contribution in [1.29, 1.82) is 0 Å². The Labute approximate surface area is 128 Å². The standard InChI is InChI=1S/C17H31NO3/c19-13-14-21-16-9-11-18(12-10-16)17(20)8-4-7-15-5-2-1-3-6-15/h15-16,19H,1-14H2. The van der Waals surface area contributed by atoms with Gasteiger partial charge in [-0.25, -0.2) is 0 Å². The van der Waals surface area contributed by atoms with Crippen molar-refractivity contribution >= 4 is 5.91 Å². The first kappa shape index (κ1) is 16.8. The van der Waals surface area contributed by atoms with E-state index < -0.39 is 0 Å². The average Bonchev–Trinajstić information content (AvgIpc) is 2.54. The molecule has 1 saturated carbocycles. The number of piperidine rings is 1. The van der Waals surface area contributed by atoms with E-state index >= 15 is 0 Å². The van der Waals surface area contributed by atoms with Crippen molar-refractivity contribution in [3.05, 3.63) is 0 Å². The highest BCUT2D eigenvalue weighted by atomic mass is 16.5. The van der Waals surface area contributed by atoms with E-state index in [4.69, 9.17) is 9.84 Å². The number of aliphatic hydroxyl groups excluding tert-OH is 1. The molecular weight excluding hydrogens is 266 g/mol. The van der Waals surface area contributed by atoms with Crippen LogP contribution in [0.3, 0.4) is 0 Å². The number of rotatable bonds is 7. The Morgan fingerprint density at radius 3 is 2.48 bits per heavy atom. The summed E-state index contributed by atoms with van der Waals surface area (Å²) >= 11 is 0. The van der Waals surface area contributed by atoms with E-state index in [1.807, 2.05) is 4.90 Å². The number of amides is 1. The van der Waals surface area contributed by atoms with E-state index in [0.717, 1.165) is 44.7 Å². The van der Waals surface area contributed by atoms with E-state index in [9.17, 15) is 4.79 Å². The summed E-state index contributed by atoms with van der Waals surface area (Å²) in [5.74, 6) is 1.20. The fourth-order valence-electron chi connectivity index (χ4n) is 3.67. The zero-order valence-corrected chi connectivity index (χ0v) is 13.3. The third kappa shape index (κ3) is 5.95. The fourth-order valence-corrected chi connectivity index (χ4v) is 3.67. The summed E-state index contributed by atoms with van der Waals surface area (Å²) in [5, 5.41) is 8.75. The van der Waals surface area contributed by atoms with E-state index in [2.05, 4.69) is 0 Å². The van der Waals surface area contributed by atoms with Crippen molar-refractivity contribution in [2.75, 3.05) is 26.3 Å². The number of hydrogen-bond donors (Lipinski definition) is 1. The highest BCUT2D eigenvalue weighted by Gasteiger charge is 2.23. The second-order valence-electron chi connectivity index (χ2n) is 6.57. The molecule has 2 rings (SSSR count). The van der Waals surface area contributed by atoms with E-state index in [1.165, 1.54) is 38.5 Å². The lowest BCUT2D eigenvalue weighted by Gasteiger charge is -2.32. The molecule has 122 valence electrons. The van der Waals surface area contributed by atoms with Gasteiger partial charge in [0.25, 0.3) is 0 Å². The van der Waals surface area contributed by atoms with Crippen molar-refractivity contribution < 1.29 is 14.6 Å². The largest absolute Gasteiger partial charge is 0.394 e. The highest BCUT2D eigenvalue weighted by Crippen LogP contribution is 2.28. The van der Waals surface area contributed by atoms with Gasteiger partial charge in [0.2, 0.25) is 5.91 Å². The van der Waals surface area contributed by atoms with Gasteiger partial charge in [-0.15, -0.1) is 0 Å². The Morgan fingerprint density at radius 2 is 1.81 bits per heavy atom. The van der Waals surface area contributed by atoms with Gasteiger partial charge in [0.15, 0.2) is 0 Å². The van der Waals surface area contributed by atoms with Gasteiger partial charge in [-0.05, 0) is 31.6 Å². The number of carbonyl (C=O) groups excluding carboxylic acids is 1. The summed E-state index contributed by atoms with van der Waals surface area (Å²) in [5.41, 5.74) is 0. The van der Waals surface area contributed by atoms with Crippen LogP contribution < -0.4 is 0 Å². The number of nitrogens with zero attached hydrogens (tertiary/aromatic N) is 1. The minimum atomic E-state index is 0.0836. The third-order valence-electron chi connectivity index (χ3n) is 4.97. The van der Waals surface area contributed by atoms with Crippen LogP contribution in [-0.2, 0) is 9.53 Å². The maximum absolute atomic E-state index is 12.2. The second kappa shape index (κ2) is 9.42. The molecule has 1 saturated heterocycles. The van der Waals surface area contributed by atoms with Crippen LogP contribution in [0.25, 0.3) is 0 Å². The summed E-state index contributed by atoms with van der Waals surface area (Å²) < 4.78 is 5.53. The number of aliphatic hydroxyl groups is 1. The van der Waals surface area contributed by atoms with Gasteiger partial charge in [-0.3, -0.25) is 4.79 Å². The van der Waals surface area contributed by atoms with Crippen LogP contribution in [0.2, 0.25) is 0 Å². The molecule has 1 aliphatic heterocycles. The second-order valence-corrected chi connectivity index (χ2v) is 6.57. The molecule has 2 fully saturated rings. The molecule has 1 heterocycles. The predicted octanol–water partition coefficient (Wildman–Crippen LogP) is 2.74. The number of hydrogen-bond acceptors (Lipinski definition) is 3. The average molecular weight is 297 g/mol. The predicted molar refractivity (Wildman–Crippen MR) is 83.1 cm³/mol. The quantitative estimate of drug-likeness (QED) is 0.786. The Bertz CT molecular complexity index is 294. The first-order valence-corrected chi connectivity index (χ1v) is 8.80. The van der Waals surface area contributed by atoms with Crippen LogP contribution in [0, 0.1) is 5.92 Å². The topological polar surface area (TPSA) is 49.8 Å². The molecule has 0 bridgehead atoms. The van der Waals surface area contributed by atoms with Gasteiger partial charge < -0.3 is 14.7 Å². The lowest BCUT2D eigenvalue weighted by Crippen LogP contribution is -2.41. The van der Waals surface area contributed by atoms with Crippen LogP contribution >= 0.6 is 0 Å². The van der Waals surface area contributed by atoms with Crippen LogP contribution in [0.4, 0.5) is 0 Å². The van der Waals surface area contributed by atoms with E-state index in [-0.39, 0.29) is 12.7 Å². The maximum Gasteiger partial charge on any atom is 0.222 e. The smallest absolute Gasteiger partial charge is 0.222 e. The molecule has 0 aromatic rings. The molecule has 1 amide bonds. The summed E-state index contributed by atoms with van der Waals surface area (Å²) in [6.45, 7) is 2.14. The summed E-state index contributed by atoms with van der Waals surface area (Å²) in [7, 11) is 0. The molecule has 1 N–H and O–H groups in total. The molecule has 0 spiro atoms. The Balaban J connectivity index is 1.56. The Kier molecular flexibility index (Phi) is 7.51. The van der Waals surface area contributed by atoms with E-state index in [1.54, 1.807) is 0 Å². The van der Waals surface area contributed by atoms with Gasteiger partial charge >= 0.3 is 0 Å². The van der Waals surface area contributed by atoms with Crippen LogP contribution in [-0.4, -0.2) is 48.3 Å². The molecule has 0 radical (unpaired) electrons. The summed E-state index contributed by atoms with van der Waals surface area (Å²) in [6.07, 6.45) is 12.0. The van der Waals surface area contributed by atoms with Gasteiger partial charge in [-0.1, -0.05) is 32.1 Å². The van der Waals surface area contributed by atoms with Gasteiger partial charge in [-0.2, -0.15) is 0 Å². The number of ether oxygens (including phenoxy) is 1. The minimum absolute atomic E-state index is 0.0836. The van der Waals surface area contributed by atoms with Crippen LogP contribution in [0.15, 0.2) is 0 Å². The lowest BCUT2D eigenvalue weighted by atomic mass is 9.86. The first-order valence-electron chi connectivity index (χ1n) is 8.80. The van der Waals surface area contributed by atoms with E-state index in [0.29, 0.717) is 12.5 Å². The van der Waals surface area contributed by atoms with Crippen LogP contribution in [0.1, 0.15) is 64.2 Å². The van der Waals surface area contributed by atoms with Gasteiger partial charge in [0.1, 0.15) is 0 Å². The van der Waals surface area contributed by atoms with Crippen molar-refractivity contribution in [2.45, 2.75) is 70.3 Å². The fraction of sp³-hybridized carbons (Fsp3) is 0.941. The van der Waals surface area contributed by atoms with Crippen molar-refractivity contribution in [2.24, 2.45) is 5.92 Å². The van der Waals surface area contributed by atoms with Crippen molar-refractivity contribution in [3.8, 4) is 0 Å². The summed E-state index contributed by atoms with van der Waals surface area (Å²) in [6, 6.07) is 0. The third-order valence-corrected chi connectivity index (χ3v) is 4.97. The normalized spacial score (nSPS) is 21.7. The zero-order valence-electron chi connectivity index (χ0n) is 13.3. The van der Waals surface area contributed by atoms with Crippen molar-refractivity contribution in [3.63, 3.8) is 0 Å². The maximum atomic E-state index is 12.2. The molecule has 2 aliphatic rings. The number of carbonyl (C=O) groups is 1. The Morgan fingerprint density at radius 1 is 1.10 bits per heavy atom. The SMILES string of the molecule is O=C(CCCC1CCCCC1)N1CCC(OCCO)CC1. The zero-order chi connectivity index (χ0) is 14.9. The van der Waals surface area contributed by atoms with Gasteiger partial charge in [0.05, 0.1) is 19.3 Å². The monoisotopic (exact) mass is 297 g/mol. The molecule has 0 atom stereocenters. The van der Waals surface area contributed by atoms with Gasteiger partial charge in [0, 0.05) is 19.5 Å². The number of likely N-dealkylation sites (tertiary alicyclic amines) is 1. The molecular formula is C17H31NO3. The molecule has 0 unspecified atom stereocenters. The molecule has 4 nitrogen and oxygen atoms in total. The first-order chi connectivity index (χ1) is 10.3. The molecule has 0 aromatic carbocycles. The minimum Gasteiger partial charge on any atom is -0.394 e. The highest BCUT2D eigenvalue weighted by molar-refractivity contribution is 5.76. The van der Waals surface area contributed by atoms with Crippen LogP contribution in [0.5, 0.6) is 0 Å². The lowest BCUT2D eigenvalue weighted by molar-refractivity contribution is -0.134. The molecule has 1 aliphatic carbocycles.